The summed E-state index contributed by atoms with van der Waals surface area (Å²) in [6.45, 7) is 2.39. The van der Waals surface area contributed by atoms with Gasteiger partial charge in [0.1, 0.15) is 12.7 Å². The van der Waals surface area contributed by atoms with Crippen molar-refractivity contribution >= 4 is 25.7 Å². The molecule has 0 rings (SSSR count). The highest BCUT2D eigenvalue weighted by molar-refractivity contribution is 7.47. The normalized spacial score (nSPS) is 14.5. The molecule has 0 aliphatic rings. The summed E-state index contributed by atoms with van der Waals surface area (Å²) in [7, 11) is -4.76. The Morgan fingerprint density at radius 2 is 1.09 bits per heavy atom. The topological polar surface area (TPSA) is 169 Å². The molecule has 3 unspecified atom stereocenters. The fourth-order valence-electron chi connectivity index (χ4n) is 5.00. The minimum absolute atomic E-state index is 0.142. The number of amides is 1. The van der Waals surface area contributed by atoms with E-state index in [2.05, 4.69) is 67.8 Å². The van der Waals surface area contributed by atoms with E-state index in [9.17, 15) is 34.1 Å². The number of nitrogens with one attached hydrogen (secondary N) is 1. The first-order chi connectivity index (χ1) is 25.6. The maximum absolute atomic E-state index is 12.2. The number of carboxylic acid groups (broad SMARTS) is 1. The van der Waals surface area contributed by atoms with Crippen LogP contribution in [0.5, 0.6) is 0 Å². The van der Waals surface area contributed by atoms with Gasteiger partial charge in [0.2, 0.25) is 5.91 Å². The van der Waals surface area contributed by atoms with Crippen molar-refractivity contribution in [3.05, 3.63) is 60.8 Å². The summed E-state index contributed by atoms with van der Waals surface area (Å²) >= 11 is 0. The Kier molecular flexibility index (Phi) is 34.2. The number of carbonyl (C=O) groups is 3. The minimum Gasteiger partial charge on any atom is -0.480 e. The molecule has 11 nitrogen and oxygen atoms in total. The van der Waals surface area contributed by atoms with Gasteiger partial charge in [-0.15, -0.1) is 0 Å². The zero-order chi connectivity index (χ0) is 39.3. The van der Waals surface area contributed by atoms with E-state index in [1.165, 1.54) is 51.4 Å². The van der Waals surface area contributed by atoms with Gasteiger partial charge in [0.25, 0.3) is 0 Å². The first-order valence-corrected chi connectivity index (χ1v) is 21.3. The number of unbranched alkanes of at least 4 members (excludes halogenated alkanes) is 12. The highest BCUT2D eigenvalue weighted by atomic mass is 31.2. The highest BCUT2D eigenvalue weighted by Gasteiger charge is 2.28. The third-order valence-electron chi connectivity index (χ3n) is 8.07. The third-order valence-corrected chi connectivity index (χ3v) is 9.02. The number of rotatable bonds is 36. The number of hydrogen-bond donors (Lipinski definition) is 4. The molecule has 0 spiro atoms. The van der Waals surface area contributed by atoms with Crippen LogP contribution in [0.1, 0.15) is 149 Å². The summed E-state index contributed by atoms with van der Waals surface area (Å²) < 4.78 is 26.7. The molecule has 0 aliphatic carbocycles. The number of phosphoric acid groups is 1. The Morgan fingerprint density at radius 1 is 0.623 bits per heavy atom. The number of aliphatic carboxylic acids is 1. The summed E-state index contributed by atoms with van der Waals surface area (Å²) in [6.07, 6.45) is 39.7. The lowest BCUT2D eigenvalue weighted by molar-refractivity contribution is -0.147. The molecule has 0 aromatic rings. The van der Waals surface area contributed by atoms with Crippen LogP contribution in [0.2, 0.25) is 0 Å². The molecule has 3 atom stereocenters. The molecular formula is C41H70NO10P. The number of ether oxygens (including phenoxy) is 1. The van der Waals surface area contributed by atoms with Gasteiger partial charge in [0.05, 0.1) is 13.2 Å². The number of esters is 1. The van der Waals surface area contributed by atoms with E-state index < -0.39 is 57.6 Å². The van der Waals surface area contributed by atoms with Gasteiger partial charge in [0.15, 0.2) is 6.04 Å². The molecule has 12 heteroatoms. The fourth-order valence-corrected chi connectivity index (χ4v) is 5.77. The number of carboxylic acids is 1. The van der Waals surface area contributed by atoms with E-state index in [1.54, 1.807) is 0 Å². The van der Waals surface area contributed by atoms with Crippen molar-refractivity contribution in [3.8, 4) is 0 Å². The average molecular weight is 768 g/mol. The zero-order valence-electron chi connectivity index (χ0n) is 32.5. The lowest BCUT2D eigenvalue weighted by Crippen LogP contribution is -2.43. The molecule has 304 valence electrons. The number of carbonyl (C=O) groups excluding carboxylic acids is 2. The van der Waals surface area contributed by atoms with Crippen LogP contribution >= 0.6 is 7.82 Å². The number of phosphoric ester groups is 1. The van der Waals surface area contributed by atoms with Gasteiger partial charge in [-0.1, -0.05) is 145 Å². The number of allylic oxidation sites excluding steroid dienone is 10. The van der Waals surface area contributed by atoms with Crippen LogP contribution in [-0.2, 0) is 32.7 Å². The van der Waals surface area contributed by atoms with Gasteiger partial charge in [-0.25, -0.2) is 9.36 Å². The molecule has 0 saturated carbocycles. The van der Waals surface area contributed by atoms with Crippen LogP contribution in [0.25, 0.3) is 0 Å². The average Bonchev–Trinajstić information content (AvgIpc) is 3.13. The zero-order valence-corrected chi connectivity index (χ0v) is 33.4. The summed E-state index contributed by atoms with van der Waals surface area (Å²) in [6, 6.07) is -1.55. The molecule has 0 radical (unpaired) electrons. The lowest BCUT2D eigenvalue weighted by Gasteiger charge is -2.18. The van der Waals surface area contributed by atoms with E-state index in [0.29, 0.717) is 19.3 Å². The van der Waals surface area contributed by atoms with E-state index >= 15 is 0 Å². The Morgan fingerprint density at radius 3 is 1.60 bits per heavy atom. The fraction of sp³-hybridized carbons (Fsp3) is 0.683. The number of hydrogen-bond acceptors (Lipinski definition) is 8. The van der Waals surface area contributed by atoms with Crippen LogP contribution in [0, 0.1) is 0 Å². The monoisotopic (exact) mass is 767 g/mol. The Balaban J connectivity index is 4.03. The molecular weight excluding hydrogens is 697 g/mol. The lowest BCUT2D eigenvalue weighted by atomic mass is 10.0. The van der Waals surface area contributed by atoms with E-state index in [0.717, 1.165) is 51.4 Å². The molecule has 0 bridgehead atoms. The van der Waals surface area contributed by atoms with Gasteiger partial charge >= 0.3 is 19.8 Å². The van der Waals surface area contributed by atoms with Crippen LogP contribution in [-0.4, -0.2) is 64.9 Å². The SMILES string of the molecule is CC/C=C\C/C=C\C/C=C\C/C=C\C/C=C\CCCC(=O)OCC(O)COP(=O)(O)OCC(NC(=O)CCCCCCCCCCCCCC)C(=O)O. The summed E-state index contributed by atoms with van der Waals surface area (Å²) in [4.78, 5) is 45.7. The summed E-state index contributed by atoms with van der Waals surface area (Å²) in [5.41, 5.74) is 0. The molecule has 53 heavy (non-hydrogen) atoms. The number of aliphatic hydroxyl groups is 1. The van der Waals surface area contributed by atoms with Gasteiger partial charge in [-0.3, -0.25) is 18.6 Å². The van der Waals surface area contributed by atoms with Gasteiger partial charge in [-0.2, -0.15) is 0 Å². The third kappa shape index (κ3) is 36.0. The van der Waals surface area contributed by atoms with Gasteiger partial charge in [0, 0.05) is 12.8 Å². The van der Waals surface area contributed by atoms with Crippen molar-refractivity contribution in [1.82, 2.24) is 5.32 Å². The van der Waals surface area contributed by atoms with E-state index in [-0.39, 0.29) is 12.8 Å². The van der Waals surface area contributed by atoms with Crippen LogP contribution < -0.4 is 5.32 Å². The van der Waals surface area contributed by atoms with Crippen LogP contribution in [0.15, 0.2) is 60.8 Å². The predicted octanol–water partition coefficient (Wildman–Crippen LogP) is 9.61. The largest absolute Gasteiger partial charge is 0.480 e. The highest BCUT2D eigenvalue weighted by Crippen LogP contribution is 2.43. The van der Waals surface area contributed by atoms with Crippen molar-refractivity contribution in [2.75, 3.05) is 19.8 Å². The minimum atomic E-state index is -4.76. The molecule has 0 aromatic heterocycles. The Hall–Kier alpha value is -2.82. The maximum Gasteiger partial charge on any atom is 0.472 e. The first kappa shape index (κ1) is 50.2. The molecule has 4 N–H and O–H groups in total. The molecule has 0 heterocycles. The second kappa shape index (κ2) is 36.2. The first-order valence-electron chi connectivity index (χ1n) is 19.8. The summed E-state index contributed by atoms with van der Waals surface area (Å²) in [5.74, 6) is -2.44. The molecule has 0 aliphatic heterocycles. The second-order valence-electron chi connectivity index (χ2n) is 13.1. The van der Waals surface area contributed by atoms with Crippen LogP contribution in [0.4, 0.5) is 0 Å². The van der Waals surface area contributed by atoms with Gasteiger partial charge < -0.3 is 25.2 Å². The van der Waals surface area contributed by atoms with E-state index in [4.69, 9.17) is 13.8 Å². The van der Waals surface area contributed by atoms with Crippen molar-refractivity contribution in [2.24, 2.45) is 0 Å². The molecule has 0 saturated heterocycles. The quantitative estimate of drug-likeness (QED) is 0.0208. The van der Waals surface area contributed by atoms with Crippen molar-refractivity contribution < 1.29 is 47.8 Å². The predicted molar refractivity (Wildman–Crippen MR) is 212 cm³/mol. The maximum atomic E-state index is 12.2. The Bertz CT molecular complexity index is 1130. The van der Waals surface area contributed by atoms with E-state index in [1.807, 2.05) is 12.2 Å². The van der Waals surface area contributed by atoms with Crippen molar-refractivity contribution in [2.45, 2.75) is 161 Å². The second-order valence-corrected chi connectivity index (χ2v) is 14.5. The van der Waals surface area contributed by atoms with Crippen LogP contribution in [0.3, 0.4) is 0 Å². The Labute approximate surface area is 319 Å². The molecule has 0 fully saturated rings. The standard InChI is InChI=1S/C41H70NO10P/c1-3-5-7-9-11-13-15-17-18-19-20-21-23-25-27-29-31-33-40(45)50-34-37(43)35-51-53(48,49)52-36-38(41(46)47)42-39(44)32-30-28-26-24-22-16-14-12-10-8-6-4-2/h5,7,11,13,17-18,20-21,25,27,37-38,43H,3-4,6,8-10,12,14-16,19,22-24,26,28-36H2,1-2H3,(H,42,44)(H,46,47)(H,48,49)/b7-5-,13-11-,18-17-,21-20-,27-25-. The molecule has 1 amide bonds. The molecule has 0 aromatic carbocycles. The van der Waals surface area contributed by atoms with Gasteiger partial charge in [-0.05, 0) is 51.4 Å². The van der Waals surface area contributed by atoms with Crippen molar-refractivity contribution in [3.63, 3.8) is 0 Å². The summed E-state index contributed by atoms with van der Waals surface area (Å²) in [5, 5.41) is 21.7. The number of aliphatic hydroxyl groups excluding tert-OH is 1. The smallest absolute Gasteiger partial charge is 0.472 e. The van der Waals surface area contributed by atoms with Crippen molar-refractivity contribution in [1.29, 1.82) is 0 Å².